The fourth-order valence-corrected chi connectivity index (χ4v) is 2.06. The van der Waals surface area contributed by atoms with E-state index < -0.39 is 0 Å². The van der Waals surface area contributed by atoms with Crippen molar-refractivity contribution in [1.29, 1.82) is 0 Å². The van der Waals surface area contributed by atoms with Crippen molar-refractivity contribution in [2.24, 2.45) is 11.8 Å². The molecule has 5 heteroatoms. The van der Waals surface area contributed by atoms with Gasteiger partial charge in [-0.15, -0.1) is 5.10 Å². The van der Waals surface area contributed by atoms with Gasteiger partial charge in [0.05, 0.1) is 6.54 Å². The lowest BCUT2D eigenvalue weighted by molar-refractivity contribution is 0.444. The van der Waals surface area contributed by atoms with Crippen molar-refractivity contribution in [1.82, 2.24) is 15.5 Å². The minimum Gasteiger partial charge on any atom is -0.407 e. The zero-order valence-corrected chi connectivity index (χ0v) is 12.4. The lowest BCUT2D eigenvalue weighted by atomic mass is 10.2. The SMILES string of the molecule is CCCN(CC1CC1)c1nnc(CNCC(C)C)o1. The summed E-state index contributed by atoms with van der Waals surface area (Å²) in [5, 5.41) is 11.6. The fourth-order valence-electron chi connectivity index (χ4n) is 2.06. The van der Waals surface area contributed by atoms with Gasteiger partial charge in [0, 0.05) is 13.1 Å². The molecule has 0 spiro atoms. The van der Waals surface area contributed by atoms with E-state index in [1.54, 1.807) is 0 Å². The Morgan fingerprint density at radius 1 is 1.37 bits per heavy atom. The van der Waals surface area contributed by atoms with E-state index in [4.69, 9.17) is 4.42 Å². The van der Waals surface area contributed by atoms with Crippen LogP contribution >= 0.6 is 0 Å². The van der Waals surface area contributed by atoms with E-state index >= 15 is 0 Å². The van der Waals surface area contributed by atoms with E-state index in [0.29, 0.717) is 24.4 Å². The summed E-state index contributed by atoms with van der Waals surface area (Å²) >= 11 is 0. The number of nitrogens with one attached hydrogen (secondary N) is 1. The number of aromatic nitrogens is 2. The number of rotatable bonds is 9. The Morgan fingerprint density at radius 2 is 2.16 bits per heavy atom. The quantitative estimate of drug-likeness (QED) is 0.744. The van der Waals surface area contributed by atoms with Crippen LogP contribution in [-0.2, 0) is 6.54 Å². The zero-order valence-electron chi connectivity index (χ0n) is 12.4. The molecule has 1 aromatic rings. The van der Waals surface area contributed by atoms with Crippen LogP contribution in [0.15, 0.2) is 4.42 Å². The first-order valence-electron chi connectivity index (χ1n) is 7.47. The van der Waals surface area contributed by atoms with Gasteiger partial charge in [0.2, 0.25) is 5.89 Å². The molecule has 0 saturated heterocycles. The van der Waals surface area contributed by atoms with Gasteiger partial charge in [-0.2, -0.15) is 0 Å². The van der Waals surface area contributed by atoms with Crippen LogP contribution in [-0.4, -0.2) is 29.8 Å². The van der Waals surface area contributed by atoms with Crippen LogP contribution in [0.1, 0.15) is 45.9 Å². The molecule has 1 aromatic heterocycles. The predicted molar refractivity (Wildman–Crippen MR) is 76.1 cm³/mol. The maximum absolute atomic E-state index is 5.75. The first-order chi connectivity index (χ1) is 9.19. The Hall–Kier alpha value is -1.10. The first-order valence-corrected chi connectivity index (χ1v) is 7.47. The lowest BCUT2D eigenvalue weighted by Gasteiger charge is -2.18. The fraction of sp³-hybridized carbons (Fsp3) is 0.857. The van der Waals surface area contributed by atoms with Crippen LogP contribution in [0.4, 0.5) is 6.01 Å². The van der Waals surface area contributed by atoms with Crippen LogP contribution in [0.3, 0.4) is 0 Å². The molecule has 0 radical (unpaired) electrons. The maximum atomic E-state index is 5.75. The third-order valence-electron chi connectivity index (χ3n) is 3.22. The molecule has 0 atom stereocenters. The third-order valence-corrected chi connectivity index (χ3v) is 3.22. The van der Waals surface area contributed by atoms with Gasteiger partial charge < -0.3 is 14.6 Å². The summed E-state index contributed by atoms with van der Waals surface area (Å²) in [5.41, 5.74) is 0. The Kier molecular flexibility index (Phi) is 5.19. The summed E-state index contributed by atoms with van der Waals surface area (Å²) in [7, 11) is 0. The molecule has 1 saturated carbocycles. The van der Waals surface area contributed by atoms with Gasteiger partial charge in [0.15, 0.2) is 0 Å². The molecule has 1 aliphatic carbocycles. The molecular weight excluding hydrogens is 240 g/mol. The molecule has 5 nitrogen and oxygen atoms in total. The van der Waals surface area contributed by atoms with Crippen molar-refractivity contribution in [2.45, 2.75) is 46.6 Å². The standard InChI is InChI=1S/C14H26N4O/c1-4-7-18(10-12-5-6-12)14-17-16-13(19-14)9-15-8-11(2)3/h11-12,15H,4-10H2,1-3H3. The van der Waals surface area contributed by atoms with E-state index in [1.807, 2.05) is 0 Å². The normalized spacial score (nSPS) is 15.2. The smallest absolute Gasteiger partial charge is 0.318 e. The lowest BCUT2D eigenvalue weighted by Crippen LogP contribution is -2.26. The molecule has 0 unspecified atom stereocenters. The van der Waals surface area contributed by atoms with E-state index in [0.717, 1.165) is 32.0 Å². The van der Waals surface area contributed by atoms with Crippen molar-refractivity contribution in [3.8, 4) is 0 Å². The van der Waals surface area contributed by atoms with Crippen LogP contribution in [0.2, 0.25) is 0 Å². The molecule has 2 rings (SSSR count). The molecule has 1 fully saturated rings. The molecule has 0 aromatic carbocycles. The Bertz CT molecular complexity index is 373. The van der Waals surface area contributed by atoms with Crippen molar-refractivity contribution >= 4 is 6.01 Å². The second kappa shape index (κ2) is 6.89. The Labute approximate surface area is 115 Å². The van der Waals surface area contributed by atoms with Gasteiger partial charge >= 0.3 is 6.01 Å². The largest absolute Gasteiger partial charge is 0.407 e. The minimum absolute atomic E-state index is 0.633. The maximum Gasteiger partial charge on any atom is 0.318 e. The summed E-state index contributed by atoms with van der Waals surface area (Å²) in [6.07, 6.45) is 3.80. The number of hydrogen-bond acceptors (Lipinski definition) is 5. The highest BCUT2D eigenvalue weighted by Crippen LogP contribution is 2.31. The molecule has 0 amide bonds. The zero-order chi connectivity index (χ0) is 13.7. The van der Waals surface area contributed by atoms with Crippen molar-refractivity contribution in [3.05, 3.63) is 5.89 Å². The van der Waals surface area contributed by atoms with E-state index in [9.17, 15) is 0 Å². The van der Waals surface area contributed by atoms with Crippen LogP contribution in [0, 0.1) is 11.8 Å². The summed E-state index contributed by atoms with van der Waals surface area (Å²) in [5.74, 6) is 2.15. The molecule has 19 heavy (non-hydrogen) atoms. The molecule has 1 N–H and O–H groups in total. The summed E-state index contributed by atoms with van der Waals surface area (Å²) < 4.78 is 5.75. The van der Waals surface area contributed by atoms with Gasteiger partial charge in [-0.1, -0.05) is 25.9 Å². The van der Waals surface area contributed by atoms with E-state index in [2.05, 4.69) is 41.2 Å². The molecule has 0 bridgehead atoms. The van der Waals surface area contributed by atoms with Gasteiger partial charge in [0.25, 0.3) is 0 Å². The van der Waals surface area contributed by atoms with Crippen LogP contribution in [0.5, 0.6) is 0 Å². The second-order valence-corrected chi connectivity index (χ2v) is 5.89. The average Bonchev–Trinajstić information content (AvgIpc) is 3.05. The highest BCUT2D eigenvalue weighted by Gasteiger charge is 2.26. The third kappa shape index (κ3) is 4.82. The molecule has 0 aliphatic heterocycles. The Balaban J connectivity index is 1.85. The highest BCUT2D eigenvalue weighted by molar-refractivity contribution is 5.24. The highest BCUT2D eigenvalue weighted by atomic mass is 16.4. The summed E-state index contributed by atoms with van der Waals surface area (Å²) in [4.78, 5) is 2.23. The molecule has 108 valence electrons. The van der Waals surface area contributed by atoms with Gasteiger partial charge in [-0.3, -0.25) is 0 Å². The predicted octanol–water partition coefficient (Wildman–Crippen LogP) is 2.44. The summed E-state index contributed by atoms with van der Waals surface area (Å²) in [6.45, 7) is 10.2. The molecule has 1 heterocycles. The van der Waals surface area contributed by atoms with Gasteiger partial charge in [-0.05, 0) is 37.6 Å². The van der Waals surface area contributed by atoms with Crippen molar-refractivity contribution in [3.63, 3.8) is 0 Å². The van der Waals surface area contributed by atoms with Crippen molar-refractivity contribution in [2.75, 3.05) is 24.5 Å². The number of hydrogen-bond donors (Lipinski definition) is 1. The average molecular weight is 266 g/mol. The van der Waals surface area contributed by atoms with E-state index in [-0.39, 0.29) is 0 Å². The first kappa shape index (κ1) is 14.3. The van der Waals surface area contributed by atoms with Gasteiger partial charge in [0.1, 0.15) is 0 Å². The summed E-state index contributed by atoms with van der Waals surface area (Å²) in [6, 6.07) is 0.690. The second-order valence-electron chi connectivity index (χ2n) is 5.89. The van der Waals surface area contributed by atoms with Crippen LogP contribution in [0.25, 0.3) is 0 Å². The number of nitrogens with zero attached hydrogens (tertiary/aromatic N) is 3. The topological polar surface area (TPSA) is 54.2 Å². The monoisotopic (exact) mass is 266 g/mol. The molecule has 1 aliphatic rings. The van der Waals surface area contributed by atoms with Crippen LogP contribution < -0.4 is 10.2 Å². The van der Waals surface area contributed by atoms with Crippen molar-refractivity contribution < 1.29 is 4.42 Å². The van der Waals surface area contributed by atoms with E-state index in [1.165, 1.54) is 12.8 Å². The van der Waals surface area contributed by atoms with Gasteiger partial charge in [-0.25, -0.2) is 0 Å². The molecular formula is C14H26N4O. The minimum atomic E-state index is 0.633. The number of anilines is 1. The Morgan fingerprint density at radius 3 is 2.79 bits per heavy atom.